The van der Waals surface area contributed by atoms with Crippen LogP contribution < -0.4 is 15.4 Å². The Hall–Kier alpha value is -2.50. The van der Waals surface area contributed by atoms with Crippen LogP contribution in [-0.4, -0.2) is 35.0 Å². The number of nitrogens with one attached hydrogen (secondary N) is 2. The van der Waals surface area contributed by atoms with Crippen molar-refractivity contribution in [2.75, 3.05) is 13.2 Å². The van der Waals surface area contributed by atoms with Crippen molar-refractivity contribution < 1.29 is 9.53 Å². The Labute approximate surface area is 136 Å². The van der Waals surface area contributed by atoms with E-state index in [2.05, 4.69) is 15.7 Å². The second-order valence-electron chi connectivity index (χ2n) is 5.70. The van der Waals surface area contributed by atoms with Gasteiger partial charge in [-0.25, -0.2) is 4.79 Å². The molecule has 2 N–H and O–H groups in total. The van der Waals surface area contributed by atoms with Crippen LogP contribution in [0.15, 0.2) is 36.7 Å². The number of carbonyl (C=O) groups is 1. The number of aromatic nitrogens is 2. The smallest absolute Gasteiger partial charge is 0.315 e. The number of carbonyl (C=O) groups excluding carboxylic acids is 1. The minimum atomic E-state index is -0.186. The van der Waals surface area contributed by atoms with Gasteiger partial charge in [0.2, 0.25) is 0 Å². The Kier molecular flexibility index (Phi) is 6.02. The summed E-state index contributed by atoms with van der Waals surface area (Å²) in [5.41, 5.74) is 2.25. The first-order valence-corrected chi connectivity index (χ1v) is 7.74. The molecule has 1 aromatic carbocycles. The van der Waals surface area contributed by atoms with Crippen LogP contribution in [-0.2, 0) is 13.5 Å². The van der Waals surface area contributed by atoms with Gasteiger partial charge in [-0.15, -0.1) is 0 Å². The number of aryl methyl sites for hydroxylation is 2. The van der Waals surface area contributed by atoms with Crippen molar-refractivity contribution in [2.24, 2.45) is 7.05 Å². The third kappa shape index (κ3) is 6.02. The zero-order valence-electron chi connectivity index (χ0n) is 13.9. The quantitative estimate of drug-likeness (QED) is 0.821. The number of ether oxygens (including phenoxy) is 1. The number of benzene rings is 1. The molecule has 0 aliphatic rings. The average Bonchev–Trinajstić information content (AvgIpc) is 2.91. The summed E-state index contributed by atoms with van der Waals surface area (Å²) in [5.74, 6) is 0.815. The van der Waals surface area contributed by atoms with Crippen molar-refractivity contribution in [1.82, 2.24) is 20.4 Å². The zero-order valence-corrected chi connectivity index (χ0v) is 13.9. The summed E-state index contributed by atoms with van der Waals surface area (Å²) in [6.45, 7) is 4.93. The minimum Gasteiger partial charge on any atom is -0.491 e. The predicted molar refractivity (Wildman–Crippen MR) is 89.6 cm³/mol. The fourth-order valence-electron chi connectivity index (χ4n) is 2.16. The zero-order chi connectivity index (χ0) is 16.7. The SMILES string of the molecule is Cc1cccc(OC[C@H](C)NC(=O)NCCc2cnn(C)c2)c1. The van der Waals surface area contributed by atoms with Crippen molar-refractivity contribution >= 4 is 6.03 Å². The molecule has 0 aliphatic heterocycles. The number of amides is 2. The van der Waals surface area contributed by atoms with Crippen molar-refractivity contribution in [3.05, 3.63) is 47.8 Å². The van der Waals surface area contributed by atoms with Crippen LogP contribution in [0, 0.1) is 6.92 Å². The molecule has 6 nitrogen and oxygen atoms in total. The first-order valence-electron chi connectivity index (χ1n) is 7.74. The molecule has 1 heterocycles. The molecule has 23 heavy (non-hydrogen) atoms. The Balaban J connectivity index is 1.64. The summed E-state index contributed by atoms with van der Waals surface area (Å²) in [4.78, 5) is 11.8. The van der Waals surface area contributed by atoms with Crippen LogP contribution in [0.1, 0.15) is 18.1 Å². The summed E-state index contributed by atoms with van der Waals surface area (Å²) in [6.07, 6.45) is 4.51. The predicted octanol–water partition coefficient (Wildman–Crippen LogP) is 2.04. The highest BCUT2D eigenvalue weighted by atomic mass is 16.5. The third-order valence-corrected chi connectivity index (χ3v) is 3.32. The van der Waals surface area contributed by atoms with Crippen LogP contribution in [0.25, 0.3) is 0 Å². The maximum absolute atomic E-state index is 11.8. The number of nitrogens with zero attached hydrogens (tertiary/aromatic N) is 2. The lowest BCUT2D eigenvalue weighted by molar-refractivity contribution is 0.226. The van der Waals surface area contributed by atoms with Gasteiger partial charge in [0.1, 0.15) is 12.4 Å². The first-order chi connectivity index (χ1) is 11.0. The van der Waals surface area contributed by atoms with Gasteiger partial charge in [0.15, 0.2) is 0 Å². The Morgan fingerprint density at radius 3 is 2.96 bits per heavy atom. The fraction of sp³-hybridized carbons (Fsp3) is 0.412. The number of hydrogen-bond acceptors (Lipinski definition) is 3. The highest BCUT2D eigenvalue weighted by Gasteiger charge is 2.08. The van der Waals surface area contributed by atoms with Gasteiger partial charge in [0.25, 0.3) is 0 Å². The Morgan fingerprint density at radius 1 is 1.43 bits per heavy atom. The topological polar surface area (TPSA) is 68.2 Å². The monoisotopic (exact) mass is 316 g/mol. The molecular weight excluding hydrogens is 292 g/mol. The van der Waals surface area contributed by atoms with E-state index in [4.69, 9.17) is 4.74 Å². The molecular formula is C17H24N4O2. The van der Waals surface area contributed by atoms with Gasteiger partial charge in [-0.1, -0.05) is 12.1 Å². The second-order valence-corrected chi connectivity index (χ2v) is 5.70. The van der Waals surface area contributed by atoms with E-state index in [1.165, 1.54) is 0 Å². The molecule has 0 aliphatic carbocycles. The summed E-state index contributed by atoms with van der Waals surface area (Å²) >= 11 is 0. The first kappa shape index (κ1) is 16.9. The maximum atomic E-state index is 11.8. The molecule has 0 bridgehead atoms. The van der Waals surface area contributed by atoms with Crippen molar-refractivity contribution in [3.8, 4) is 5.75 Å². The minimum absolute atomic E-state index is 0.0751. The number of hydrogen-bond donors (Lipinski definition) is 2. The van der Waals surface area contributed by atoms with Gasteiger partial charge in [-0.05, 0) is 43.5 Å². The third-order valence-electron chi connectivity index (χ3n) is 3.32. The lowest BCUT2D eigenvalue weighted by Crippen LogP contribution is -2.43. The van der Waals surface area contributed by atoms with Crippen molar-refractivity contribution in [1.29, 1.82) is 0 Å². The van der Waals surface area contributed by atoms with Crippen LogP contribution in [0.2, 0.25) is 0 Å². The van der Waals surface area contributed by atoms with Crippen molar-refractivity contribution in [3.63, 3.8) is 0 Å². The van der Waals surface area contributed by atoms with Gasteiger partial charge in [-0.3, -0.25) is 4.68 Å². The lowest BCUT2D eigenvalue weighted by Gasteiger charge is -2.15. The number of rotatable bonds is 7. The normalized spacial score (nSPS) is 11.8. The van der Waals surface area contributed by atoms with Crippen LogP contribution >= 0.6 is 0 Å². The molecule has 0 unspecified atom stereocenters. The molecule has 6 heteroatoms. The van der Waals surface area contributed by atoms with Gasteiger partial charge < -0.3 is 15.4 Å². The highest BCUT2D eigenvalue weighted by molar-refractivity contribution is 5.74. The molecule has 1 atom stereocenters. The van der Waals surface area contributed by atoms with E-state index in [0.29, 0.717) is 13.2 Å². The fourth-order valence-corrected chi connectivity index (χ4v) is 2.16. The maximum Gasteiger partial charge on any atom is 0.315 e. The largest absolute Gasteiger partial charge is 0.491 e. The van der Waals surface area contributed by atoms with E-state index in [0.717, 1.165) is 23.3 Å². The Morgan fingerprint density at radius 2 is 2.26 bits per heavy atom. The van der Waals surface area contributed by atoms with Crippen LogP contribution in [0.5, 0.6) is 5.75 Å². The van der Waals surface area contributed by atoms with Gasteiger partial charge >= 0.3 is 6.03 Å². The lowest BCUT2D eigenvalue weighted by atomic mass is 10.2. The summed E-state index contributed by atoms with van der Waals surface area (Å²) in [6, 6.07) is 7.59. The standard InChI is InChI=1S/C17H24N4O2/c1-13-5-4-6-16(9-13)23-12-14(2)20-17(22)18-8-7-15-10-19-21(3)11-15/h4-6,9-11,14H,7-8,12H2,1-3H3,(H2,18,20,22)/t14-/m0/s1. The second kappa shape index (κ2) is 8.22. The van der Waals surface area contributed by atoms with E-state index in [-0.39, 0.29) is 12.1 Å². The highest BCUT2D eigenvalue weighted by Crippen LogP contribution is 2.12. The molecule has 0 saturated heterocycles. The number of urea groups is 1. The van der Waals surface area contributed by atoms with E-state index in [1.54, 1.807) is 10.9 Å². The van der Waals surface area contributed by atoms with Gasteiger partial charge in [-0.2, -0.15) is 5.10 Å². The molecule has 2 rings (SSSR count). The van der Waals surface area contributed by atoms with Crippen LogP contribution in [0.3, 0.4) is 0 Å². The van der Waals surface area contributed by atoms with Crippen LogP contribution in [0.4, 0.5) is 4.79 Å². The molecule has 2 amide bonds. The summed E-state index contributed by atoms with van der Waals surface area (Å²) < 4.78 is 7.42. The summed E-state index contributed by atoms with van der Waals surface area (Å²) in [5, 5.41) is 9.79. The van der Waals surface area contributed by atoms with Crippen molar-refractivity contribution in [2.45, 2.75) is 26.3 Å². The van der Waals surface area contributed by atoms with E-state index in [1.807, 2.05) is 51.4 Å². The molecule has 124 valence electrons. The molecule has 0 fully saturated rings. The van der Waals surface area contributed by atoms with E-state index >= 15 is 0 Å². The average molecular weight is 316 g/mol. The Bertz CT molecular complexity index is 639. The molecule has 0 radical (unpaired) electrons. The molecule has 0 spiro atoms. The molecule has 0 saturated carbocycles. The van der Waals surface area contributed by atoms with E-state index in [9.17, 15) is 4.79 Å². The molecule has 2 aromatic rings. The molecule has 1 aromatic heterocycles. The van der Waals surface area contributed by atoms with Gasteiger partial charge in [0.05, 0.1) is 12.2 Å². The van der Waals surface area contributed by atoms with E-state index < -0.39 is 0 Å². The summed E-state index contributed by atoms with van der Waals surface area (Å²) in [7, 11) is 1.87. The van der Waals surface area contributed by atoms with Gasteiger partial charge in [0, 0.05) is 19.8 Å².